The molecule has 4 heteroatoms. The molecule has 1 fully saturated rings. The van der Waals surface area contributed by atoms with Crippen molar-refractivity contribution < 1.29 is 0 Å². The van der Waals surface area contributed by atoms with Crippen molar-refractivity contribution in [3.05, 3.63) is 17.2 Å². The number of hydrogen-bond acceptors (Lipinski definition) is 3. The predicted molar refractivity (Wildman–Crippen MR) is 82.0 cm³/mol. The Balaban J connectivity index is 1.83. The van der Waals surface area contributed by atoms with Crippen molar-refractivity contribution in [2.24, 2.45) is 0 Å². The van der Waals surface area contributed by atoms with E-state index < -0.39 is 0 Å². The lowest BCUT2D eigenvalue weighted by molar-refractivity contribution is 0.281. The lowest BCUT2D eigenvalue weighted by atomic mass is 10.1. The van der Waals surface area contributed by atoms with E-state index in [1.54, 1.807) is 0 Å². The second-order valence-electron chi connectivity index (χ2n) is 6.32. The standard InChI is InChI=1S/C16H28N4/c1-3-6-16-18-14-11-17-8-7-15(14)20(16)13(2)12-19-9-4-5-10-19/h13,17H,3-12H2,1-2H3. The molecule has 1 unspecified atom stereocenters. The van der Waals surface area contributed by atoms with Crippen molar-refractivity contribution >= 4 is 0 Å². The Kier molecular flexibility index (Phi) is 4.41. The van der Waals surface area contributed by atoms with Gasteiger partial charge in [-0.25, -0.2) is 4.98 Å². The van der Waals surface area contributed by atoms with Crippen LogP contribution >= 0.6 is 0 Å². The van der Waals surface area contributed by atoms with Crippen molar-refractivity contribution in [3.8, 4) is 0 Å². The van der Waals surface area contributed by atoms with Gasteiger partial charge in [0, 0.05) is 44.2 Å². The molecule has 112 valence electrons. The fourth-order valence-electron chi connectivity index (χ4n) is 3.73. The van der Waals surface area contributed by atoms with Gasteiger partial charge in [-0.1, -0.05) is 6.92 Å². The van der Waals surface area contributed by atoms with Crippen LogP contribution in [-0.4, -0.2) is 40.6 Å². The number of hydrogen-bond donors (Lipinski definition) is 1. The Bertz CT molecular complexity index is 446. The smallest absolute Gasteiger partial charge is 0.109 e. The van der Waals surface area contributed by atoms with Crippen molar-refractivity contribution in [2.45, 2.75) is 58.5 Å². The number of nitrogens with one attached hydrogen (secondary N) is 1. The Morgan fingerprint density at radius 2 is 2.10 bits per heavy atom. The molecule has 1 N–H and O–H groups in total. The fraction of sp³-hybridized carbons (Fsp3) is 0.812. The van der Waals surface area contributed by atoms with E-state index >= 15 is 0 Å². The molecule has 1 aromatic rings. The highest BCUT2D eigenvalue weighted by molar-refractivity contribution is 5.21. The Hall–Kier alpha value is -0.870. The molecule has 1 aromatic heterocycles. The average molecular weight is 276 g/mol. The Labute approximate surface area is 122 Å². The van der Waals surface area contributed by atoms with Gasteiger partial charge in [0.25, 0.3) is 0 Å². The minimum atomic E-state index is 0.559. The Morgan fingerprint density at radius 3 is 2.85 bits per heavy atom. The first kappa shape index (κ1) is 14.1. The van der Waals surface area contributed by atoms with Crippen LogP contribution in [0, 0.1) is 0 Å². The van der Waals surface area contributed by atoms with Crippen LogP contribution in [0.1, 0.15) is 56.4 Å². The highest BCUT2D eigenvalue weighted by Gasteiger charge is 2.24. The third-order valence-corrected chi connectivity index (χ3v) is 4.63. The SMILES string of the molecule is CCCc1nc2c(n1C(C)CN1CCCC1)CCNC2. The molecule has 1 saturated heterocycles. The van der Waals surface area contributed by atoms with Gasteiger partial charge >= 0.3 is 0 Å². The predicted octanol–water partition coefficient (Wildman–Crippen LogP) is 2.14. The van der Waals surface area contributed by atoms with Gasteiger partial charge in [0.2, 0.25) is 0 Å². The molecule has 0 spiro atoms. The summed E-state index contributed by atoms with van der Waals surface area (Å²) in [5, 5.41) is 3.45. The van der Waals surface area contributed by atoms with E-state index in [1.165, 1.54) is 56.1 Å². The summed E-state index contributed by atoms with van der Waals surface area (Å²) in [6, 6.07) is 0.559. The summed E-state index contributed by atoms with van der Waals surface area (Å²) >= 11 is 0. The second-order valence-corrected chi connectivity index (χ2v) is 6.32. The first-order valence-electron chi connectivity index (χ1n) is 8.31. The normalized spacial score (nSPS) is 21.1. The summed E-state index contributed by atoms with van der Waals surface area (Å²) in [6.07, 6.45) is 6.18. The van der Waals surface area contributed by atoms with Crippen molar-refractivity contribution in [1.82, 2.24) is 19.8 Å². The number of aryl methyl sites for hydroxylation is 1. The molecule has 0 aromatic carbocycles. The average Bonchev–Trinajstić information content (AvgIpc) is 3.05. The topological polar surface area (TPSA) is 33.1 Å². The lowest BCUT2D eigenvalue weighted by Crippen LogP contribution is -2.30. The number of likely N-dealkylation sites (tertiary alicyclic amines) is 1. The van der Waals surface area contributed by atoms with Crippen LogP contribution in [0.4, 0.5) is 0 Å². The zero-order valence-corrected chi connectivity index (χ0v) is 13.0. The molecular weight excluding hydrogens is 248 g/mol. The molecule has 0 radical (unpaired) electrons. The first-order valence-corrected chi connectivity index (χ1v) is 8.31. The van der Waals surface area contributed by atoms with Crippen LogP contribution in [0.5, 0.6) is 0 Å². The summed E-state index contributed by atoms with van der Waals surface area (Å²) in [4.78, 5) is 7.54. The summed E-state index contributed by atoms with van der Waals surface area (Å²) in [6.45, 7) is 10.4. The molecule has 3 heterocycles. The van der Waals surface area contributed by atoms with Crippen LogP contribution in [0.3, 0.4) is 0 Å². The van der Waals surface area contributed by atoms with E-state index in [4.69, 9.17) is 4.98 Å². The zero-order chi connectivity index (χ0) is 13.9. The van der Waals surface area contributed by atoms with Gasteiger partial charge in [-0.15, -0.1) is 0 Å². The first-order chi connectivity index (χ1) is 9.79. The summed E-state index contributed by atoms with van der Waals surface area (Å²) in [5.74, 6) is 1.31. The summed E-state index contributed by atoms with van der Waals surface area (Å²) in [5.41, 5.74) is 2.80. The maximum Gasteiger partial charge on any atom is 0.109 e. The maximum atomic E-state index is 4.92. The van der Waals surface area contributed by atoms with Crippen LogP contribution in [0.25, 0.3) is 0 Å². The van der Waals surface area contributed by atoms with Gasteiger partial charge in [-0.3, -0.25) is 0 Å². The number of rotatable bonds is 5. The van der Waals surface area contributed by atoms with E-state index in [1.807, 2.05) is 0 Å². The third-order valence-electron chi connectivity index (χ3n) is 4.63. The van der Waals surface area contributed by atoms with Gasteiger partial charge in [0.15, 0.2) is 0 Å². The van der Waals surface area contributed by atoms with Crippen molar-refractivity contribution in [3.63, 3.8) is 0 Å². The lowest BCUT2D eigenvalue weighted by Gasteiger charge is -2.26. The van der Waals surface area contributed by atoms with Gasteiger partial charge < -0.3 is 14.8 Å². The largest absolute Gasteiger partial charge is 0.328 e. The molecular formula is C16H28N4. The number of fused-ring (bicyclic) bond motifs is 1. The van der Waals surface area contributed by atoms with E-state index in [2.05, 4.69) is 28.6 Å². The molecule has 20 heavy (non-hydrogen) atoms. The minimum Gasteiger partial charge on any atom is -0.328 e. The Morgan fingerprint density at radius 1 is 1.30 bits per heavy atom. The quantitative estimate of drug-likeness (QED) is 0.894. The van der Waals surface area contributed by atoms with Crippen molar-refractivity contribution in [2.75, 3.05) is 26.2 Å². The molecule has 2 aliphatic heterocycles. The number of nitrogens with zero attached hydrogens (tertiary/aromatic N) is 3. The minimum absolute atomic E-state index is 0.559. The molecule has 3 rings (SSSR count). The van der Waals surface area contributed by atoms with Gasteiger partial charge in [0.05, 0.1) is 5.69 Å². The van der Waals surface area contributed by atoms with E-state index in [0.717, 1.165) is 25.9 Å². The van der Waals surface area contributed by atoms with E-state index in [0.29, 0.717) is 6.04 Å². The maximum absolute atomic E-state index is 4.92. The van der Waals surface area contributed by atoms with Crippen molar-refractivity contribution in [1.29, 1.82) is 0 Å². The van der Waals surface area contributed by atoms with Crippen LogP contribution < -0.4 is 5.32 Å². The molecule has 0 aliphatic carbocycles. The molecule has 1 atom stereocenters. The second kappa shape index (κ2) is 6.27. The number of imidazole rings is 1. The molecule has 2 aliphatic rings. The fourth-order valence-corrected chi connectivity index (χ4v) is 3.73. The molecule has 0 bridgehead atoms. The molecule has 0 saturated carbocycles. The number of aromatic nitrogens is 2. The van der Waals surface area contributed by atoms with Gasteiger partial charge in [-0.2, -0.15) is 0 Å². The van der Waals surface area contributed by atoms with Crippen LogP contribution in [0.2, 0.25) is 0 Å². The van der Waals surface area contributed by atoms with Gasteiger partial charge in [-0.05, 0) is 39.3 Å². The van der Waals surface area contributed by atoms with Gasteiger partial charge in [0.1, 0.15) is 5.82 Å². The van der Waals surface area contributed by atoms with Crippen LogP contribution in [0.15, 0.2) is 0 Å². The summed E-state index contributed by atoms with van der Waals surface area (Å²) in [7, 11) is 0. The highest BCUT2D eigenvalue weighted by Crippen LogP contribution is 2.23. The third kappa shape index (κ3) is 2.77. The molecule has 4 nitrogen and oxygen atoms in total. The zero-order valence-electron chi connectivity index (χ0n) is 13.0. The molecule has 0 amide bonds. The highest BCUT2D eigenvalue weighted by atomic mass is 15.2. The monoisotopic (exact) mass is 276 g/mol. The summed E-state index contributed by atoms with van der Waals surface area (Å²) < 4.78 is 2.57. The van der Waals surface area contributed by atoms with E-state index in [9.17, 15) is 0 Å². The van der Waals surface area contributed by atoms with Crippen LogP contribution in [-0.2, 0) is 19.4 Å². The van der Waals surface area contributed by atoms with E-state index in [-0.39, 0.29) is 0 Å².